The molecule has 1 atom stereocenters. The molecule has 2 nitrogen and oxygen atoms in total. The van der Waals surface area contributed by atoms with Crippen LogP contribution in [-0.4, -0.2) is 11.8 Å². The molecule has 0 rings (SSSR count). The van der Waals surface area contributed by atoms with Crippen LogP contribution in [0.5, 0.6) is 0 Å². The minimum absolute atomic E-state index is 0.727. The van der Waals surface area contributed by atoms with E-state index in [1.54, 1.807) is 0 Å². The Balaban J connectivity index is 2.88. The molecule has 0 aromatic heterocycles. The van der Waals surface area contributed by atoms with E-state index in [2.05, 4.69) is 19.3 Å². The summed E-state index contributed by atoms with van der Waals surface area (Å²) in [5.41, 5.74) is 2.15. The summed E-state index contributed by atoms with van der Waals surface area (Å²) in [7, 11) is 0. The van der Waals surface area contributed by atoms with Gasteiger partial charge in [0.25, 0.3) is 0 Å². The molecule has 0 saturated heterocycles. The Morgan fingerprint density at radius 1 is 1.56 bits per heavy atom. The first kappa shape index (κ1) is 8.92. The van der Waals surface area contributed by atoms with Crippen molar-refractivity contribution in [1.82, 2.24) is 5.48 Å². The first-order valence-electron chi connectivity index (χ1n) is 3.68. The lowest BCUT2D eigenvalue weighted by atomic mass is 10.0. The minimum atomic E-state index is 0.727. The topological polar surface area (TPSA) is 32.3 Å². The molecule has 0 heterocycles. The molecule has 0 spiro atoms. The molecule has 0 aliphatic rings. The van der Waals surface area contributed by atoms with Crippen molar-refractivity contribution in [2.24, 2.45) is 5.92 Å². The number of nitrogens with one attached hydrogen (secondary N) is 1. The highest BCUT2D eigenvalue weighted by molar-refractivity contribution is 4.49. The van der Waals surface area contributed by atoms with E-state index in [0.29, 0.717) is 0 Å². The molecule has 0 amide bonds. The monoisotopic (exact) mass is 131 g/mol. The van der Waals surface area contributed by atoms with Crippen molar-refractivity contribution in [2.45, 2.75) is 33.1 Å². The summed E-state index contributed by atoms with van der Waals surface area (Å²) in [6, 6.07) is 0. The Bertz CT molecular complexity index is 56.9. The summed E-state index contributed by atoms with van der Waals surface area (Å²) in [6.45, 7) is 5.15. The maximum absolute atomic E-state index is 8.20. The van der Waals surface area contributed by atoms with Crippen molar-refractivity contribution >= 4 is 0 Å². The van der Waals surface area contributed by atoms with Gasteiger partial charge in [-0.25, -0.2) is 5.48 Å². The zero-order valence-corrected chi connectivity index (χ0v) is 6.35. The predicted molar refractivity (Wildman–Crippen MR) is 38.5 cm³/mol. The van der Waals surface area contributed by atoms with Gasteiger partial charge in [0.1, 0.15) is 0 Å². The number of hydrogen-bond acceptors (Lipinski definition) is 2. The van der Waals surface area contributed by atoms with Crippen molar-refractivity contribution in [3.05, 3.63) is 0 Å². The summed E-state index contributed by atoms with van der Waals surface area (Å²) in [5, 5.41) is 8.20. The second kappa shape index (κ2) is 6.05. The lowest BCUT2D eigenvalue weighted by Gasteiger charge is -2.05. The van der Waals surface area contributed by atoms with Crippen LogP contribution in [-0.2, 0) is 0 Å². The first-order valence-corrected chi connectivity index (χ1v) is 3.68. The van der Waals surface area contributed by atoms with Crippen molar-refractivity contribution in [1.29, 1.82) is 0 Å². The highest BCUT2D eigenvalue weighted by atomic mass is 16.5. The Hall–Kier alpha value is -0.0800. The Morgan fingerprint density at radius 2 is 2.22 bits per heavy atom. The van der Waals surface area contributed by atoms with Crippen molar-refractivity contribution in [2.75, 3.05) is 6.54 Å². The fourth-order valence-electron chi connectivity index (χ4n) is 0.734. The Labute approximate surface area is 57.2 Å². The van der Waals surface area contributed by atoms with E-state index in [1.165, 1.54) is 12.8 Å². The second-order valence-corrected chi connectivity index (χ2v) is 2.56. The van der Waals surface area contributed by atoms with Crippen LogP contribution in [0.25, 0.3) is 0 Å². The van der Waals surface area contributed by atoms with E-state index in [-0.39, 0.29) is 0 Å². The molecule has 0 saturated carbocycles. The van der Waals surface area contributed by atoms with Gasteiger partial charge in [0.05, 0.1) is 0 Å². The molecule has 0 aromatic rings. The van der Waals surface area contributed by atoms with Gasteiger partial charge in [-0.1, -0.05) is 20.3 Å². The molecule has 56 valence electrons. The van der Waals surface area contributed by atoms with Crippen molar-refractivity contribution in [3.63, 3.8) is 0 Å². The summed E-state index contributed by atoms with van der Waals surface area (Å²) in [6.07, 6.45) is 3.53. The van der Waals surface area contributed by atoms with Gasteiger partial charge in [0.2, 0.25) is 0 Å². The van der Waals surface area contributed by atoms with Crippen LogP contribution < -0.4 is 5.48 Å². The smallest absolute Gasteiger partial charge is 0.0207 e. The molecule has 0 aromatic carbocycles. The molecular formula is C7H17NO. The van der Waals surface area contributed by atoms with Gasteiger partial charge in [0, 0.05) is 6.54 Å². The van der Waals surface area contributed by atoms with E-state index in [9.17, 15) is 0 Å². The van der Waals surface area contributed by atoms with Crippen LogP contribution in [0.1, 0.15) is 33.1 Å². The standard InChI is InChI=1S/C7H17NO/c1-3-7(2)5-4-6-8-9/h7-9H,3-6H2,1-2H3. The van der Waals surface area contributed by atoms with Gasteiger partial charge in [-0.05, 0) is 18.8 Å². The largest absolute Gasteiger partial charge is 0.317 e. The van der Waals surface area contributed by atoms with Crippen LogP contribution >= 0.6 is 0 Å². The van der Waals surface area contributed by atoms with E-state index in [1.807, 2.05) is 0 Å². The van der Waals surface area contributed by atoms with E-state index in [0.717, 1.165) is 18.9 Å². The predicted octanol–water partition coefficient (Wildman–Crippen LogP) is 1.79. The lowest BCUT2D eigenvalue weighted by molar-refractivity contribution is 0.163. The zero-order valence-electron chi connectivity index (χ0n) is 6.35. The molecule has 2 N–H and O–H groups in total. The fourth-order valence-corrected chi connectivity index (χ4v) is 0.734. The van der Waals surface area contributed by atoms with Crippen LogP contribution in [0, 0.1) is 5.92 Å². The minimum Gasteiger partial charge on any atom is -0.317 e. The van der Waals surface area contributed by atoms with Gasteiger partial charge in [-0.15, -0.1) is 0 Å². The average Bonchev–Trinajstić information content (AvgIpc) is 1.89. The molecule has 0 fully saturated rings. The lowest BCUT2D eigenvalue weighted by Crippen LogP contribution is -2.09. The highest BCUT2D eigenvalue weighted by Crippen LogP contribution is 2.07. The SMILES string of the molecule is CCC(C)CCCNO. The summed E-state index contributed by atoms with van der Waals surface area (Å²) in [4.78, 5) is 0. The summed E-state index contributed by atoms with van der Waals surface area (Å²) in [5.74, 6) is 0.804. The molecule has 2 heteroatoms. The quantitative estimate of drug-likeness (QED) is 0.440. The summed E-state index contributed by atoms with van der Waals surface area (Å²) >= 11 is 0. The molecular weight excluding hydrogens is 114 g/mol. The number of hydroxylamine groups is 1. The third-order valence-corrected chi connectivity index (χ3v) is 1.68. The third kappa shape index (κ3) is 5.80. The van der Waals surface area contributed by atoms with Crippen molar-refractivity contribution < 1.29 is 5.21 Å². The van der Waals surface area contributed by atoms with Gasteiger partial charge in [-0.2, -0.15) is 0 Å². The van der Waals surface area contributed by atoms with Gasteiger partial charge < -0.3 is 5.21 Å². The van der Waals surface area contributed by atoms with Crippen LogP contribution in [0.3, 0.4) is 0 Å². The zero-order chi connectivity index (χ0) is 7.11. The first-order chi connectivity index (χ1) is 4.31. The number of hydrogen-bond donors (Lipinski definition) is 2. The molecule has 0 radical (unpaired) electrons. The van der Waals surface area contributed by atoms with Crippen LogP contribution in [0.2, 0.25) is 0 Å². The van der Waals surface area contributed by atoms with Gasteiger partial charge in [-0.3, -0.25) is 0 Å². The normalized spacial score (nSPS) is 13.7. The second-order valence-electron chi connectivity index (χ2n) is 2.56. The third-order valence-electron chi connectivity index (χ3n) is 1.68. The summed E-state index contributed by atoms with van der Waals surface area (Å²) < 4.78 is 0. The average molecular weight is 131 g/mol. The maximum atomic E-state index is 8.20. The Morgan fingerprint density at radius 3 is 2.67 bits per heavy atom. The molecule has 0 aliphatic carbocycles. The van der Waals surface area contributed by atoms with Crippen molar-refractivity contribution in [3.8, 4) is 0 Å². The Kier molecular flexibility index (Phi) is 5.99. The maximum Gasteiger partial charge on any atom is 0.0207 e. The van der Waals surface area contributed by atoms with Crippen LogP contribution in [0.4, 0.5) is 0 Å². The van der Waals surface area contributed by atoms with Gasteiger partial charge in [0.15, 0.2) is 0 Å². The molecule has 1 unspecified atom stereocenters. The van der Waals surface area contributed by atoms with Gasteiger partial charge >= 0.3 is 0 Å². The molecule has 9 heavy (non-hydrogen) atoms. The van der Waals surface area contributed by atoms with E-state index in [4.69, 9.17) is 5.21 Å². The molecule has 0 aliphatic heterocycles. The number of rotatable bonds is 5. The van der Waals surface area contributed by atoms with E-state index >= 15 is 0 Å². The molecule has 0 bridgehead atoms. The fraction of sp³-hybridized carbons (Fsp3) is 1.00. The van der Waals surface area contributed by atoms with Crippen LogP contribution in [0.15, 0.2) is 0 Å². The highest BCUT2D eigenvalue weighted by Gasteiger charge is 1.95. The van der Waals surface area contributed by atoms with E-state index < -0.39 is 0 Å².